The van der Waals surface area contributed by atoms with E-state index in [0.717, 1.165) is 22.4 Å². The Morgan fingerprint density at radius 1 is 1.00 bits per heavy atom. The first-order chi connectivity index (χ1) is 9.08. The third-order valence-electron chi connectivity index (χ3n) is 3.27. The van der Waals surface area contributed by atoms with Gasteiger partial charge in [0, 0.05) is 11.3 Å². The summed E-state index contributed by atoms with van der Waals surface area (Å²) in [7, 11) is 0. The summed E-state index contributed by atoms with van der Waals surface area (Å²) in [5, 5.41) is 3.20. The van der Waals surface area contributed by atoms with E-state index < -0.39 is 0 Å². The molecule has 2 aromatic carbocycles. The number of benzene rings is 2. The molecule has 0 amide bonds. The molecule has 0 unspecified atom stereocenters. The van der Waals surface area contributed by atoms with E-state index in [1.807, 2.05) is 63.2 Å². The number of rotatable bonds is 4. The molecule has 2 aromatic rings. The van der Waals surface area contributed by atoms with Gasteiger partial charge in [0.1, 0.15) is 0 Å². The van der Waals surface area contributed by atoms with Crippen molar-refractivity contribution in [3.05, 3.63) is 64.7 Å². The molecule has 0 bridgehead atoms. The molecule has 1 N–H and O–H groups in total. The fraction of sp³-hybridized carbons (Fsp3) is 0.235. The fourth-order valence-corrected chi connectivity index (χ4v) is 2.17. The zero-order valence-electron chi connectivity index (χ0n) is 11.7. The molecule has 0 aliphatic carbocycles. The van der Waals surface area contributed by atoms with Crippen molar-refractivity contribution in [2.75, 3.05) is 11.9 Å². The Morgan fingerprint density at radius 2 is 1.74 bits per heavy atom. The van der Waals surface area contributed by atoms with Crippen molar-refractivity contribution < 1.29 is 4.79 Å². The lowest BCUT2D eigenvalue weighted by molar-refractivity contribution is 0.101. The maximum atomic E-state index is 12.2. The summed E-state index contributed by atoms with van der Waals surface area (Å²) in [6.07, 6.45) is 0. The molecule has 0 radical (unpaired) electrons. The van der Waals surface area contributed by atoms with Gasteiger partial charge in [0.25, 0.3) is 0 Å². The molecule has 0 saturated carbocycles. The van der Waals surface area contributed by atoms with Crippen molar-refractivity contribution in [2.24, 2.45) is 0 Å². The van der Waals surface area contributed by atoms with Crippen LogP contribution in [0.15, 0.2) is 42.5 Å². The van der Waals surface area contributed by atoms with Gasteiger partial charge in [-0.25, -0.2) is 0 Å². The maximum Gasteiger partial charge on any atom is 0.182 e. The van der Waals surface area contributed by atoms with Crippen molar-refractivity contribution in [1.29, 1.82) is 0 Å². The van der Waals surface area contributed by atoms with Crippen LogP contribution in [0, 0.1) is 20.8 Å². The molecule has 2 rings (SSSR count). The van der Waals surface area contributed by atoms with Crippen LogP contribution in [0.25, 0.3) is 0 Å². The molecule has 19 heavy (non-hydrogen) atoms. The molecule has 98 valence electrons. The average Bonchev–Trinajstić information content (AvgIpc) is 2.37. The average molecular weight is 253 g/mol. The quantitative estimate of drug-likeness (QED) is 0.837. The molecule has 0 saturated heterocycles. The third-order valence-corrected chi connectivity index (χ3v) is 3.27. The molecule has 2 nitrogen and oxygen atoms in total. The van der Waals surface area contributed by atoms with E-state index in [2.05, 4.69) is 5.32 Å². The van der Waals surface area contributed by atoms with Crippen LogP contribution in [-0.2, 0) is 0 Å². The molecule has 0 fully saturated rings. The second kappa shape index (κ2) is 5.70. The number of ketones is 1. The van der Waals surface area contributed by atoms with Gasteiger partial charge in [-0.2, -0.15) is 0 Å². The highest BCUT2D eigenvalue weighted by molar-refractivity contribution is 6.00. The Morgan fingerprint density at radius 3 is 2.42 bits per heavy atom. The maximum absolute atomic E-state index is 12.2. The van der Waals surface area contributed by atoms with Crippen LogP contribution in [0.4, 0.5) is 5.69 Å². The van der Waals surface area contributed by atoms with Crippen LogP contribution in [0.3, 0.4) is 0 Å². The molecule has 0 heterocycles. The molecule has 0 aliphatic rings. The second-order valence-corrected chi connectivity index (χ2v) is 4.91. The topological polar surface area (TPSA) is 29.1 Å². The van der Waals surface area contributed by atoms with Crippen LogP contribution >= 0.6 is 0 Å². The van der Waals surface area contributed by atoms with Gasteiger partial charge >= 0.3 is 0 Å². The number of carbonyl (C=O) groups excluding carboxylic acids is 1. The van der Waals surface area contributed by atoms with Gasteiger partial charge in [0.05, 0.1) is 6.54 Å². The van der Waals surface area contributed by atoms with E-state index >= 15 is 0 Å². The normalized spacial score (nSPS) is 10.3. The second-order valence-electron chi connectivity index (χ2n) is 4.91. The lowest BCUT2D eigenvalue weighted by Crippen LogP contribution is -2.15. The van der Waals surface area contributed by atoms with E-state index in [1.165, 1.54) is 5.56 Å². The van der Waals surface area contributed by atoms with Gasteiger partial charge in [-0.3, -0.25) is 4.79 Å². The Labute approximate surface area is 114 Å². The van der Waals surface area contributed by atoms with Crippen LogP contribution in [0.1, 0.15) is 27.0 Å². The molecule has 0 aromatic heterocycles. The third kappa shape index (κ3) is 3.22. The largest absolute Gasteiger partial charge is 0.377 e. The van der Waals surface area contributed by atoms with Crippen molar-refractivity contribution in [3.63, 3.8) is 0 Å². The SMILES string of the molecule is Cc1ccc(C(=O)CNc2ccccc2C)c(C)c1. The van der Waals surface area contributed by atoms with Gasteiger partial charge in [0.15, 0.2) is 5.78 Å². The molecule has 2 heteroatoms. The summed E-state index contributed by atoms with van der Waals surface area (Å²) in [5.41, 5.74) is 5.18. The first kappa shape index (κ1) is 13.3. The number of aryl methyl sites for hydroxylation is 3. The summed E-state index contributed by atoms with van der Waals surface area (Å²) in [5.74, 6) is 0.126. The minimum Gasteiger partial charge on any atom is -0.377 e. The predicted octanol–water partition coefficient (Wildman–Crippen LogP) is 3.91. The first-order valence-corrected chi connectivity index (χ1v) is 6.48. The van der Waals surface area contributed by atoms with Gasteiger partial charge in [-0.05, 0) is 38.0 Å². The predicted molar refractivity (Wildman–Crippen MR) is 79.9 cm³/mol. The minimum atomic E-state index is 0.126. The lowest BCUT2D eigenvalue weighted by Gasteiger charge is -2.10. The highest BCUT2D eigenvalue weighted by Gasteiger charge is 2.09. The monoisotopic (exact) mass is 253 g/mol. The van der Waals surface area contributed by atoms with Crippen molar-refractivity contribution in [2.45, 2.75) is 20.8 Å². The van der Waals surface area contributed by atoms with E-state index in [-0.39, 0.29) is 5.78 Å². The smallest absolute Gasteiger partial charge is 0.182 e. The van der Waals surface area contributed by atoms with E-state index in [1.54, 1.807) is 0 Å². The lowest BCUT2D eigenvalue weighted by atomic mass is 10.0. The Hall–Kier alpha value is -2.09. The number of anilines is 1. The highest BCUT2D eigenvalue weighted by atomic mass is 16.1. The summed E-state index contributed by atoms with van der Waals surface area (Å²) >= 11 is 0. The van der Waals surface area contributed by atoms with Crippen molar-refractivity contribution >= 4 is 11.5 Å². The van der Waals surface area contributed by atoms with Crippen LogP contribution in [0.5, 0.6) is 0 Å². The zero-order chi connectivity index (χ0) is 13.8. The fourth-order valence-electron chi connectivity index (χ4n) is 2.17. The number of carbonyl (C=O) groups is 1. The van der Waals surface area contributed by atoms with Crippen molar-refractivity contribution in [1.82, 2.24) is 0 Å². The molecule has 0 spiro atoms. The number of Topliss-reactive ketones (excluding diaryl/α,β-unsaturated/α-hetero) is 1. The highest BCUT2D eigenvalue weighted by Crippen LogP contribution is 2.15. The number of hydrogen-bond donors (Lipinski definition) is 1. The van der Waals surface area contributed by atoms with E-state index in [0.29, 0.717) is 6.54 Å². The zero-order valence-corrected chi connectivity index (χ0v) is 11.7. The number of hydrogen-bond acceptors (Lipinski definition) is 2. The molecule has 0 atom stereocenters. The molecule has 0 aliphatic heterocycles. The minimum absolute atomic E-state index is 0.126. The number of para-hydroxylation sites is 1. The van der Waals surface area contributed by atoms with E-state index in [9.17, 15) is 4.79 Å². The standard InChI is InChI=1S/C17H19NO/c1-12-8-9-15(14(3)10-12)17(19)11-18-16-7-5-4-6-13(16)2/h4-10,18H,11H2,1-3H3. The van der Waals surface area contributed by atoms with Gasteiger partial charge in [-0.1, -0.05) is 42.0 Å². The Bertz CT molecular complexity index is 602. The Kier molecular flexibility index (Phi) is 4.00. The summed E-state index contributed by atoms with van der Waals surface area (Å²) < 4.78 is 0. The van der Waals surface area contributed by atoms with Gasteiger partial charge < -0.3 is 5.32 Å². The van der Waals surface area contributed by atoms with E-state index in [4.69, 9.17) is 0 Å². The summed E-state index contributed by atoms with van der Waals surface area (Å²) in [6, 6.07) is 13.9. The van der Waals surface area contributed by atoms with Crippen LogP contribution < -0.4 is 5.32 Å². The van der Waals surface area contributed by atoms with Gasteiger partial charge in [0.2, 0.25) is 0 Å². The molecular formula is C17H19NO. The van der Waals surface area contributed by atoms with Crippen LogP contribution in [0.2, 0.25) is 0 Å². The van der Waals surface area contributed by atoms with Gasteiger partial charge in [-0.15, -0.1) is 0 Å². The number of nitrogens with one attached hydrogen (secondary N) is 1. The molecular weight excluding hydrogens is 234 g/mol. The summed E-state index contributed by atoms with van der Waals surface area (Å²) in [6.45, 7) is 6.37. The first-order valence-electron chi connectivity index (χ1n) is 6.48. The van der Waals surface area contributed by atoms with Crippen LogP contribution in [-0.4, -0.2) is 12.3 Å². The summed E-state index contributed by atoms with van der Waals surface area (Å²) in [4.78, 5) is 12.2. The van der Waals surface area contributed by atoms with Crippen molar-refractivity contribution in [3.8, 4) is 0 Å². The Balaban J connectivity index is 2.08.